The zero-order chi connectivity index (χ0) is 32.3. The summed E-state index contributed by atoms with van der Waals surface area (Å²) in [6.45, 7) is 0.319. The summed E-state index contributed by atoms with van der Waals surface area (Å²) in [6.07, 6.45) is 9.27. The molecule has 1 N–H and O–H groups in total. The van der Waals surface area contributed by atoms with Crippen LogP contribution in [0.1, 0.15) is 55.2 Å². The number of nitrogens with one attached hydrogen (secondary N) is 1. The lowest BCUT2D eigenvalue weighted by Gasteiger charge is -2.57. The van der Waals surface area contributed by atoms with Gasteiger partial charge in [-0.2, -0.15) is 0 Å². The summed E-state index contributed by atoms with van der Waals surface area (Å²) < 4.78 is 12.4. The number of anilines is 1. The minimum absolute atomic E-state index is 0.145. The SMILES string of the molecule is COc1cc(/C=C2\C(=O)NC(=O)N(c3ccc(C45CC6CC(CC(C6)C4)C5)cc3)C2=O)cc(Br)c1OCc1ccc2ccccc2c1. The van der Waals surface area contributed by atoms with E-state index < -0.39 is 17.8 Å². The van der Waals surface area contributed by atoms with Gasteiger partial charge >= 0.3 is 6.03 Å². The maximum Gasteiger partial charge on any atom is 0.335 e. The Labute approximate surface area is 282 Å². The minimum atomic E-state index is -0.754. The average Bonchev–Trinajstić information content (AvgIpc) is 3.05. The van der Waals surface area contributed by atoms with E-state index in [0.29, 0.717) is 33.8 Å². The number of nitrogens with zero attached hydrogens (tertiary/aromatic N) is 1. The molecule has 1 heterocycles. The molecule has 1 saturated heterocycles. The number of imide groups is 2. The molecule has 4 amide bonds. The van der Waals surface area contributed by atoms with Gasteiger partial charge < -0.3 is 9.47 Å². The smallest absolute Gasteiger partial charge is 0.335 e. The molecule has 4 aromatic carbocycles. The molecule has 9 rings (SSSR count). The second kappa shape index (κ2) is 11.7. The molecule has 0 aromatic heterocycles. The number of urea groups is 1. The van der Waals surface area contributed by atoms with Crippen molar-refractivity contribution >= 4 is 56.3 Å². The van der Waals surface area contributed by atoms with E-state index in [-0.39, 0.29) is 11.0 Å². The highest BCUT2D eigenvalue weighted by Crippen LogP contribution is 2.60. The van der Waals surface area contributed by atoms with E-state index in [0.717, 1.165) is 39.0 Å². The van der Waals surface area contributed by atoms with Gasteiger partial charge in [-0.1, -0.05) is 48.5 Å². The van der Waals surface area contributed by atoms with Crippen molar-refractivity contribution < 1.29 is 23.9 Å². The van der Waals surface area contributed by atoms with Gasteiger partial charge in [0.05, 0.1) is 17.3 Å². The maximum absolute atomic E-state index is 13.7. The summed E-state index contributed by atoms with van der Waals surface area (Å²) in [6, 6.07) is 24.9. The number of rotatable bonds is 7. The van der Waals surface area contributed by atoms with Gasteiger partial charge in [0.15, 0.2) is 11.5 Å². The van der Waals surface area contributed by atoms with Gasteiger partial charge in [-0.3, -0.25) is 14.9 Å². The lowest BCUT2D eigenvalue weighted by atomic mass is 9.48. The summed E-state index contributed by atoms with van der Waals surface area (Å²) in [7, 11) is 1.54. The molecule has 4 aliphatic carbocycles. The van der Waals surface area contributed by atoms with Gasteiger partial charge in [0, 0.05) is 0 Å². The van der Waals surface area contributed by atoms with Crippen molar-refractivity contribution in [2.75, 3.05) is 12.0 Å². The van der Waals surface area contributed by atoms with Crippen molar-refractivity contribution in [3.8, 4) is 11.5 Å². The first kappa shape index (κ1) is 29.9. The Morgan fingerprint density at radius 1 is 0.872 bits per heavy atom. The van der Waals surface area contributed by atoms with Gasteiger partial charge in [0.1, 0.15) is 12.2 Å². The van der Waals surface area contributed by atoms with Crippen LogP contribution >= 0.6 is 15.9 Å². The van der Waals surface area contributed by atoms with Crippen molar-refractivity contribution in [2.45, 2.75) is 50.5 Å². The normalized spacial score (nSPS) is 25.8. The van der Waals surface area contributed by atoms with E-state index in [2.05, 4.69) is 57.6 Å². The summed E-state index contributed by atoms with van der Waals surface area (Å²) >= 11 is 3.58. The van der Waals surface area contributed by atoms with Crippen LogP contribution in [0.5, 0.6) is 11.5 Å². The second-order valence-corrected chi connectivity index (χ2v) is 14.6. The molecule has 0 spiro atoms. The van der Waals surface area contributed by atoms with Crippen LogP contribution in [0.15, 0.2) is 88.9 Å². The molecule has 4 saturated carbocycles. The van der Waals surface area contributed by atoms with Gasteiger partial charge in [-0.15, -0.1) is 0 Å². The number of amides is 4. The number of methoxy groups -OCH3 is 1. The quantitative estimate of drug-likeness (QED) is 0.156. The topological polar surface area (TPSA) is 84.9 Å². The molecule has 8 heteroatoms. The fourth-order valence-corrected chi connectivity index (χ4v) is 9.51. The van der Waals surface area contributed by atoms with Crippen molar-refractivity contribution in [1.29, 1.82) is 0 Å². The minimum Gasteiger partial charge on any atom is -0.493 e. The molecule has 0 atom stereocenters. The van der Waals surface area contributed by atoms with Crippen LogP contribution in [0.25, 0.3) is 16.8 Å². The van der Waals surface area contributed by atoms with E-state index in [1.54, 1.807) is 12.1 Å². The van der Waals surface area contributed by atoms with E-state index in [9.17, 15) is 14.4 Å². The number of benzene rings is 4. The van der Waals surface area contributed by atoms with E-state index in [4.69, 9.17) is 9.47 Å². The van der Waals surface area contributed by atoms with Crippen molar-refractivity contribution in [3.63, 3.8) is 0 Å². The van der Waals surface area contributed by atoms with Crippen LogP contribution in [-0.2, 0) is 21.6 Å². The standard InChI is InChI=1S/C39H35BrN2O5/c1-46-34-18-24(17-33(40)35(34)47-22-23-6-7-28-4-2-3-5-29(28)15-23)16-32-36(43)41-38(45)42(37(32)44)31-10-8-30(9-11-31)39-19-25-12-26(20-39)14-27(13-25)21-39/h2-11,15-18,25-27H,12-14,19-22H2,1H3,(H,41,43,45)/b32-16+. The van der Waals surface area contributed by atoms with Gasteiger partial charge in [-0.05, 0) is 141 Å². The van der Waals surface area contributed by atoms with Crippen molar-refractivity contribution in [1.82, 2.24) is 5.32 Å². The Kier molecular flexibility index (Phi) is 7.43. The van der Waals surface area contributed by atoms with Crippen LogP contribution in [0.2, 0.25) is 0 Å². The largest absolute Gasteiger partial charge is 0.493 e. The number of ether oxygens (including phenoxy) is 2. The fourth-order valence-electron chi connectivity index (χ4n) is 8.93. The zero-order valence-corrected chi connectivity index (χ0v) is 27.7. The Morgan fingerprint density at radius 3 is 2.23 bits per heavy atom. The third-order valence-corrected chi connectivity index (χ3v) is 11.2. The summed E-state index contributed by atoms with van der Waals surface area (Å²) in [5.41, 5.74) is 3.35. The van der Waals surface area contributed by atoms with Crippen LogP contribution in [0, 0.1) is 17.8 Å². The highest BCUT2D eigenvalue weighted by Gasteiger charge is 2.51. The van der Waals surface area contributed by atoms with Crippen molar-refractivity contribution in [2.24, 2.45) is 17.8 Å². The first-order valence-electron chi connectivity index (χ1n) is 16.3. The molecule has 7 nitrogen and oxygen atoms in total. The van der Waals surface area contributed by atoms with E-state index >= 15 is 0 Å². The summed E-state index contributed by atoms with van der Waals surface area (Å²) in [5, 5.41) is 4.63. The molecule has 5 fully saturated rings. The van der Waals surface area contributed by atoms with Crippen LogP contribution < -0.4 is 19.7 Å². The number of carbonyl (C=O) groups excluding carboxylic acids is 3. The highest BCUT2D eigenvalue weighted by molar-refractivity contribution is 9.10. The lowest BCUT2D eigenvalue weighted by Crippen LogP contribution is -2.54. The van der Waals surface area contributed by atoms with E-state index in [1.165, 1.54) is 57.3 Å². The van der Waals surface area contributed by atoms with Crippen LogP contribution in [0.4, 0.5) is 10.5 Å². The number of hydrogen-bond donors (Lipinski definition) is 1. The predicted octanol–water partition coefficient (Wildman–Crippen LogP) is 8.32. The molecule has 5 aliphatic rings. The molecular formula is C39H35BrN2O5. The van der Waals surface area contributed by atoms with Crippen LogP contribution in [-0.4, -0.2) is 25.0 Å². The zero-order valence-electron chi connectivity index (χ0n) is 26.1. The van der Waals surface area contributed by atoms with Gasteiger partial charge in [0.2, 0.25) is 0 Å². The lowest BCUT2D eigenvalue weighted by molar-refractivity contribution is -0.122. The van der Waals surface area contributed by atoms with Crippen molar-refractivity contribution in [3.05, 3.63) is 106 Å². The first-order valence-corrected chi connectivity index (χ1v) is 17.1. The van der Waals surface area contributed by atoms with Gasteiger partial charge in [0.25, 0.3) is 11.8 Å². The number of hydrogen-bond acceptors (Lipinski definition) is 5. The summed E-state index contributed by atoms with van der Waals surface area (Å²) in [4.78, 5) is 40.7. The van der Waals surface area contributed by atoms with Crippen LogP contribution in [0.3, 0.4) is 0 Å². The maximum atomic E-state index is 13.7. The molecule has 1 aliphatic heterocycles. The monoisotopic (exact) mass is 690 g/mol. The molecule has 238 valence electrons. The Balaban J connectivity index is 1.03. The molecule has 0 radical (unpaired) electrons. The Bertz CT molecular complexity index is 1930. The third kappa shape index (κ3) is 5.42. The predicted molar refractivity (Wildman–Crippen MR) is 184 cm³/mol. The molecule has 4 bridgehead atoms. The number of carbonyl (C=O) groups is 3. The molecule has 4 aromatic rings. The van der Waals surface area contributed by atoms with E-state index in [1.807, 2.05) is 30.3 Å². The number of barbiturate groups is 1. The summed E-state index contributed by atoms with van der Waals surface area (Å²) in [5.74, 6) is 1.97. The highest BCUT2D eigenvalue weighted by atomic mass is 79.9. The second-order valence-electron chi connectivity index (χ2n) is 13.7. The molecular weight excluding hydrogens is 656 g/mol. The Hall–Kier alpha value is -4.43. The number of halogens is 1. The Morgan fingerprint density at radius 2 is 1.55 bits per heavy atom. The first-order chi connectivity index (χ1) is 22.8. The van der Waals surface area contributed by atoms with Gasteiger partial charge in [-0.25, -0.2) is 9.69 Å². The average molecular weight is 692 g/mol. The number of fused-ring (bicyclic) bond motifs is 1. The molecule has 0 unspecified atom stereocenters. The fraction of sp³-hybridized carbons (Fsp3) is 0.308. The third-order valence-electron chi connectivity index (χ3n) is 10.6. The molecule has 47 heavy (non-hydrogen) atoms.